The van der Waals surface area contributed by atoms with E-state index in [9.17, 15) is 4.79 Å². The summed E-state index contributed by atoms with van der Waals surface area (Å²) in [6.07, 6.45) is 2.22. The third-order valence-electron chi connectivity index (χ3n) is 2.24. The van der Waals surface area contributed by atoms with E-state index in [1.54, 1.807) is 19.2 Å². The monoisotopic (exact) mass is 220 g/mol. The molecule has 2 heterocycles. The average Bonchev–Trinajstić information content (AvgIpc) is 2.87. The van der Waals surface area contributed by atoms with Crippen molar-refractivity contribution in [3.63, 3.8) is 0 Å². The molecule has 0 saturated heterocycles. The average molecular weight is 220 g/mol. The second-order valence-corrected chi connectivity index (χ2v) is 3.34. The molecule has 6 nitrogen and oxygen atoms in total. The van der Waals surface area contributed by atoms with Crippen LogP contribution in [-0.4, -0.2) is 21.3 Å². The van der Waals surface area contributed by atoms with E-state index in [-0.39, 0.29) is 5.91 Å². The fourth-order valence-corrected chi connectivity index (χ4v) is 1.46. The minimum absolute atomic E-state index is 0.236. The molecule has 0 radical (unpaired) electrons. The van der Waals surface area contributed by atoms with Gasteiger partial charge in [0, 0.05) is 6.07 Å². The Morgan fingerprint density at radius 1 is 1.62 bits per heavy atom. The van der Waals surface area contributed by atoms with Crippen molar-refractivity contribution in [1.29, 1.82) is 0 Å². The Hall–Kier alpha value is -2.11. The summed E-state index contributed by atoms with van der Waals surface area (Å²) in [6.45, 7) is 3.64. The Bertz CT molecular complexity index is 487. The van der Waals surface area contributed by atoms with Crippen LogP contribution in [0.3, 0.4) is 0 Å². The topological polar surface area (TPSA) is 83.8 Å². The van der Waals surface area contributed by atoms with Gasteiger partial charge in [0.05, 0.1) is 11.9 Å². The van der Waals surface area contributed by atoms with Crippen molar-refractivity contribution < 1.29 is 9.32 Å². The van der Waals surface area contributed by atoms with Gasteiger partial charge in [-0.05, 0) is 13.3 Å². The highest BCUT2D eigenvalue weighted by molar-refractivity contribution is 6.05. The van der Waals surface area contributed by atoms with E-state index >= 15 is 0 Å². The van der Waals surface area contributed by atoms with Gasteiger partial charge in [0.25, 0.3) is 5.91 Å². The lowest BCUT2D eigenvalue weighted by Crippen LogP contribution is -2.14. The first-order valence-corrected chi connectivity index (χ1v) is 4.98. The van der Waals surface area contributed by atoms with Crippen LogP contribution in [0.15, 0.2) is 16.8 Å². The van der Waals surface area contributed by atoms with Gasteiger partial charge in [-0.1, -0.05) is 12.1 Å². The van der Waals surface area contributed by atoms with E-state index in [2.05, 4.69) is 20.7 Å². The van der Waals surface area contributed by atoms with E-state index in [4.69, 9.17) is 4.52 Å². The molecule has 0 aliphatic rings. The maximum absolute atomic E-state index is 11.9. The number of rotatable bonds is 3. The van der Waals surface area contributed by atoms with E-state index in [1.165, 1.54) is 0 Å². The van der Waals surface area contributed by atoms with Crippen molar-refractivity contribution in [2.45, 2.75) is 20.3 Å². The molecule has 0 bridgehead atoms. The number of nitrogens with zero attached hydrogens (tertiary/aromatic N) is 2. The molecular weight excluding hydrogens is 208 g/mol. The van der Waals surface area contributed by atoms with Crippen molar-refractivity contribution in [3.05, 3.63) is 29.3 Å². The van der Waals surface area contributed by atoms with Gasteiger partial charge in [-0.15, -0.1) is 0 Å². The summed E-state index contributed by atoms with van der Waals surface area (Å²) >= 11 is 0. The molecule has 0 saturated carbocycles. The lowest BCUT2D eigenvalue weighted by atomic mass is 10.1. The van der Waals surface area contributed by atoms with Gasteiger partial charge >= 0.3 is 0 Å². The molecular formula is C10H12N4O2. The summed E-state index contributed by atoms with van der Waals surface area (Å²) in [5.74, 6) is 0.835. The Morgan fingerprint density at radius 3 is 3.06 bits per heavy atom. The smallest absolute Gasteiger partial charge is 0.262 e. The van der Waals surface area contributed by atoms with Gasteiger partial charge in [0.1, 0.15) is 17.1 Å². The number of amides is 1. The third kappa shape index (κ3) is 1.81. The number of hydrogen-bond donors (Lipinski definition) is 2. The first-order chi connectivity index (χ1) is 7.72. The van der Waals surface area contributed by atoms with Gasteiger partial charge in [0.15, 0.2) is 0 Å². The second-order valence-electron chi connectivity index (χ2n) is 3.34. The predicted molar refractivity (Wildman–Crippen MR) is 57.2 cm³/mol. The normalized spacial score (nSPS) is 10.4. The molecule has 6 heteroatoms. The standard InChI is InChI=1S/C10H12N4O2/c1-3-7-9(6(2)16-14-7)10(15)12-8-4-5-11-13-8/h4-5H,3H2,1-2H3,(H2,11,12,13,15). The van der Waals surface area contributed by atoms with E-state index < -0.39 is 0 Å². The molecule has 0 fully saturated rings. The highest BCUT2D eigenvalue weighted by atomic mass is 16.5. The molecule has 2 aromatic heterocycles. The van der Waals surface area contributed by atoms with Crippen LogP contribution in [0.2, 0.25) is 0 Å². The largest absolute Gasteiger partial charge is 0.361 e. The van der Waals surface area contributed by atoms with Gasteiger partial charge < -0.3 is 9.84 Å². The Kier molecular flexibility index (Phi) is 2.72. The molecule has 0 aromatic carbocycles. The van der Waals surface area contributed by atoms with Crippen LogP contribution in [0.4, 0.5) is 5.82 Å². The second kappa shape index (κ2) is 4.18. The zero-order valence-corrected chi connectivity index (χ0v) is 9.07. The number of anilines is 1. The Labute approximate surface area is 92.0 Å². The minimum atomic E-state index is -0.236. The fraction of sp³-hybridized carbons (Fsp3) is 0.300. The Balaban J connectivity index is 2.23. The molecule has 16 heavy (non-hydrogen) atoms. The van der Waals surface area contributed by atoms with Crippen molar-refractivity contribution in [1.82, 2.24) is 15.4 Å². The van der Waals surface area contributed by atoms with Crippen LogP contribution in [0.25, 0.3) is 0 Å². The Morgan fingerprint density at radius 2 is 2.44 bits per heavy atom. The van der Waals surface area contributed by atoms with Crippen LogP contribution < -0.4 is 5.32 Å². The van der Waals surface area contributed by atoms with E-state index in [1.807, 2.05) is 6.92 Å². The number of aromatic nitrogens is 3. The number of aryl methyl sites for hydroxylation is 2. The zero-order valence-electron chi connectivity index (χ0n) is 9.07. The lowest BCUT2D eigenvalue weighted by Gasteiger charge is -2.01. The minimum Gasteiger partial charge on any atom is -0.361 e. The summed E-state index contributed by atoms with van der Waals surface area (Å²) in [5.41, 5.74) is 1.16. The van der Waals surface area contributed by atoms with Crippen LogP contribution in [-0.2, 0) is 6.42 Å². The van der Waals surface area contributed by atoms with E-state index in [0.29, 0.717) is 29.3 Å². The number of H-pyrrole nitrogens is 1. The SMILES string of the molecule is CCc1noc(C)c1C(=O)Nc1ccn[nH]1. The number of carbonyl (C=O) groups excluding carboxylic acids is 1. The molecule has 0 aliphatic heterocycles. The fourth-order valence-electron chi connectivity index (χ4n) is 1.46. The van der Waals surface area contributed by atoms with Gasteiger partial charge in [-0.2, -0.15) is 5.10 Å². The number of aromatic amines is 1. The van der Waals surface area contributed by atoms with Crippen LogP contribution in [0.1, 0.15) is 28.7 Å². The maximum Gasteiger partial charge on any atom is 0.262 e. The number of hydrogen-bond acceptors (Lipinski definition) is 4. The molecule has 2 rings (SSSR count). The maximum atomic E-state index is 11.9. The molecule has 2 N–H and O–H groups in total. The van der Waals surface area contributed by atoms with Gasteiger partial charge in [0.2, 0.25) is 0 Å². The number of carbonyl (C=O) groups is 1. The van der Waals surface area contributed by atoms with Crippen LogP contribution >= 0.6 is 0 Å². The summed E-state index contributed by atoms with van der Waals surface area (Å²) in [5, 5.41) is 12.9. The quantitative estimate of drug-likeness (QED) is 0.821. The molecule has 84 valence electrons. The van der Waals surface area contributed by atoms with Crippen LogP contribution in [0.5, 0.6) is 0 Å². The zero-order chi connectivity index (χ0) is 11.5. The molecule has 0 spiro atoms. The first kappa shape index (κ1) is 10.4. The first-order valence-electron chi connectivity index (χ1n) is 4.98. The van der Waals surface area contributed by atoms with Gasteiger partial charge in [-0.3, -0.25) is 9.89 Å². The highest BCUT2D eigenvalue weighted by Gasteiger charge is 2.19. The number of nitrogens with one attached hydrogen (secondary N) is 2. The van der Waals surface area contributed by atoms with Crippen molar-refractivity contribution in [2.75, 3.05) is 5.32 Å². The molecule has 0 unspecified atom stereocenters. The summed E-state index contributed by atoms with van der Waals surface area (Å²) in [7, 11) is 0. The highest BCUT2D eigenvalue weighted by Crippen LogP contribution is 2.15. The molecule has 0 aliphatic carbocycles. The summed E-state index contributed by atoms with van der Waals surface area (Å²) < 4.78 is 4.99. The molecule has 2 aromatic rings. The summed E-state index contributed by atoms with van der Waals surface area (Å²) in [4.78, 5) is 11.9. The predicted octanol–water partition coefficient (Wildman–Crippen LogP) is 1.52. The van der Waals surface area contributed by atoms with Crippen LogP contribution in [0, 0.1) is 6.92 Å². The van der Waals surface area contributed by atoms with E-state index in [0.717, 1.165) is 0 Å². The molecule has 0 atom stereocenters. The molecule has 1 amide bonds. The van der Waals surface area contributed by atoms with Crippen molar-refractivity contribution in [2.24, 2.45) is 0 Å². The van der Waals surface area contributed by atoms with Gasteiger partial charge in [-0.25, -0.2) is 0 Å². The van der Waals surface area contributed by atoms with Crippen molar-refractivity contribution >= 4 is 11.7 Å². The third-order valence-corrected chi connectivity index (χ3v) is 2.24. The van der Waals surface area contributed by atoms with Crippen molar-refractivity contribution in [3.8, 4) is 0 Å². The summed E-state index contributed by atoms with van der Waals surface area (Å²) in [6, 6.07) is 1.67. The lowest BCUT2D eigenvalue weighted by molar-refractivity contribution is 0.102.